The maximum atomic E-state index is 4.96. The minimum atomic E-state index is 0.733. The van der Waals surface area contributed by atoms with Crippen LogP contribution in [0, 0.1) is 0 Å². The lowest BCUT2D eigenvalue weighted by atomic mass is 10.2. The van der Waals surface area contributed by atoms with Crippen molar-refractivity contribution in [1.29, 1.82) is 0 Å². The molecule has 2 rings (SSSR count). The number of nitrogens with one attached hydrogen (secondary N) is 2. The number of ether oxygens (including phenoxy) is 1. The third kappa shape index (κ3) is 3.38. The number of hydrogen-bond donors (Lipinski definition) is 2. The van der Waals surface area contributed by atoms with Crippen molar-refractivity contribution >= 4 is 16.7 Å². The van der Waals surface area contributed by atoms with Crippen LogP contribution in [0.3, 0.4) is 0 Å². The molecule has 96 valence electrons. The largest absolute Gasteiger partial charge is 0.383 e. The van der Waals surface area contributed by atoms with E-state index < -0.39 is 0 Å². The summed E-state index contributed by atoms with van der Waals surface area (Å²) in [5.74, 6) is 0.883. The van der Waals surface area contributed by atoms with Crippen LogP contribution in [0.15, 0.2) is 30.6 Å². The number of aromatic nitrogens is 2. The van der Waals surface area contributed by atoms with Gasteiger partial charge in [0.25, 0.3) is 0 Å². The van der Waals surface area contributed by atoms with Gasteiger partial charge in [-0.1, -0.05) is 12.1 Å². The molecule has 0 radical (unpaired) electrons. The zero-order valence-corrected chi connectivity index (χ0v) is 10.5. The number of hydrogen-bond acceptors (Lipinski definition) is 5. The van der Waals surface area contributed by atoms with Crippen molar-refractivity contribution in [1.82, 2.24) is 15.3 Å². The maximum Gasteiger partial charge on any atom is 0.137 e. The highest BCUT2D eigenvalue weighted by Gasteiger charge is 2.01. The second-order valence-corrected chi connectivity index (χ2v) is 3.91. The van der Waals surface area contributed by atoms with Crippen molar-refractivity contribution in [3.05, 3.63) is 30.6 Å². The number of rotatable bonds is 7. The van der Waals surface area contributed by atoms with Gasteiger partial charge >= 0.3 is 0 Å². The van der Waals surface area contributed by atoms with Crippen molar-refractivity contribution in [2.75, 3.05) is 38.7 Å². The zero-order chi connectivity index (χ0) is 12.6. The Balaban J connectivity index is 1.88. The molecule has 0 aliphatic carbocycles. The first-order valence-electron chi connectivity index (χ1n) is 6.05. The van der Waals surface area contributed by atoms with Gasteiger partial charge < -0.3 is 15.4 Å². The van der Waals surface area contributed by atoms with E-state index in [4.69, 9.17) is 4.74 Å². The van der Waals surface area contributed by atoms with Crippen LogP contribution in [0.2, 0.25) is 0 Å². The summed E-state index contributed by atoms with van der Waals surface area (Å²) in [6, 6.07) is 7.98. The minimum absolute atomic E-state index is 0.733. The van der Waals surface area contributed by atoms with Crippen LogP contribution in [0.5, 0.6) is 0 Å². The Labute approximate surface area is 107 Å². The van der Waals surface area contributed by atoms with Crippen molar-refractivity contribution < 1.29 is 4.74 Å². The monoisotopic (exact) mass is 246 g/mol. The second kappa shape index (κ2) is 6.88. The van der Waals surface area contributed by atoms with E-state index in [-0.39, 0.29) is 0 Å². The quantitative estimate of drug-likeness (QED) is 0.721. The molecular formula is C13H18N4O. The van der Waals surface area contributed by atoms with Crippen LogP contribution in [-0.4, -0.2) is 43.3 Å². The number of anilines is 1. The molecule has 0 spiro atoms. The first-order valence-corrected chi connectivity index (χ1v) is 6.05. The predicted molar refractivity (Wildman–Crippen MR) is 72.8 cm³/mol. The standard InChI is InChI=1S/C13H18N4O/c1-18-9-8-14-6-7-15-13-11-4-2-3-5-12(11)16-10-17-13/h2-5,10,14H,6-9H2,1H3,(H,15,16,17). The van der Waals surface area contributed by atoms with E-state index >= 15 is 0 Å². The van der Waals surface area contributed by atoms with Gasteiger partial charge in [-0.05, 0) is 12.1 Å². The fraction of sp³-hybridized carbons (Fsp3) is 0.385. The van der Waals surface area contributed by atoms with E-state index in [1.807, 2.05) is 24.3 Å². The highest BCUT2D eigenvalue weighted by atomic mass is 16.5. The smallest absolute Gasteiger partial charge is 0.137 e. The zero-order valence-electron chi connectivity index (χ0n) is 10.5. The number of benzene rings is 1. The molecule has 5 heteroatoms. The van der Waals surface area contributed by atoms with Crippen molar-refractivity contribution in [3.8, 4) is 0 Å². The van der Waals surface area contributed by atoms with Gasteiger partial charge in [0.1, 0.15) is 12.1 Å². The van der Waals surface area contributed by atoms with Gasteiger partial charge in [0.2, 0.25) is 0 Å². The van der Waals surface area contributed by atoms with E-state index in [0.717, 1.165) is 43.0 Å². The Morgan fingerprint density at radius 3 is 2.89 bits per heavy atom. The van der Waals surface area contributed by atoms with Gasteiger partial charge in [0.15, 0.2) is 0 Å². The SMILES string of the molecule is COCCNCCNc1ncnc2ccccc12. The van der Waals surface area contributed by atoms with Crippen LogP contribution in [0.4, 0.5) is 5.82 Å². The molecular weight excluding hydrogens is 228 g/mol. The van der Waals surface area contributed by atoms with E-state index in [1.165, 1.54) is 0 Å². The topological polar surface area (TPSA) is 59.1 Å². The number of nitrogens with zero attached hydrogens (tertiary/aromatic N) is 2. The lowest BCUT2D eigenvalue weighted by molar-refractivity contribution is 0.200. The fourth-order valence-corrected chi connectivity index (χ4v) is 1.71. The Hall–Kier alpha value is -1.72. The van der Waals surface area contributed by atoms with Crippen molar-refractivity contribution in [2.24, 2.45) is 0 Å². The third-order valence-corrected chi connectivity index (χ3v) is 2.62. The average Bonchev–Trinajstić information content (AvgIpc) is 2.43. The van der Waals surface area contributed by atoms with Gasteiger partial charge in [-0.25, -0.2) is 9.97 Å². The van der Waals surface area contributed by atoms with Crippen LogP contribution < -0.4 is 10.6 Å². The second-order valence-electron chi connectivity index (χ2n) is 3.91. The summed E-state index contributed by atoms with van der Waals surface area (Å²) in [5, 5.41) is 7.64. The summed E-state index contributed by atoms with van der Waals surface area (Å²) in [7, 11) is 1.70. The molecule has 0 saturated carbocycles. The summed E-state index contributed by atoms with van der Waals surface area (Å²) in [6.07, 6.45) is 1.59. The average molecular weight is 246 g/mol. The first kappa shape index (κ1) is 12.7. The van der Waals surface area contributed by atoms with Crippen LogP contribution >= 0.6 is 0 Å². The summed E-state index contributed by atoms with van der Waals surface area (Å²) in [6.45, 7) is 3.30. The first-order chi connectivity index (χ1) is 8.92. The predicted octanol–water partition coefficient (Wildman–Crippen LogP) is 1.28. The summed E-state index contributed by atoms with van der Waals surface area (Å²) in [4.78, 5) is 8.49. The van der Waals surface area contributed by atoms with Crippen LogP contribution in [0.1, 0.15) is 0 Å². The molecule has 0 saturated heterocycles. The highest BCUT2D eigenvalue weighted by molar-refractivity contribution is 5.88. The molecule has 1 heterocycles. The molecule has 2 aromatic rings. The van der Waals surface area contributed by atoms with Gasteiger partial charge in [-0.15, -0.1) is 0 Å². The Morgan fingerprint density at radius 2 is 2.00 bits per heavy atom. The molecule has 0 fully saturated rings. The molecule has 1 aromatic carbocycles. The van der Waals surface area contributed by atoms with E-state index in [1.54, 1.807) is 13.4 Å². The van der Waals surface area contributed by atoms with E-state index in [9.17, 15) is 0 Å². The van der Waals surface area contributed by atoms with E-state index in [0.29, 0.717) is 0 Å². The van der Waals surface area contributed by atoms with Crippen LogP contribution in [0.25, 0.3) is 10.9 Å². The van der Waals surface area contributed by atoms with Gasteiger partial charge in [-0.3, -0.25) is 0 Å². The van der Waals surface area contributed by atoms with Crippen molar-refractivity contribution in [2.45, 2.75) is 0 Å². The molecule has 0 aliphatic rings. The number of fused-ring (bicyclic) bond motifs is 1. The van der Waals surface area contributed by atoms with Gasteiger partial charge in [0.05, 0.1) is 12.1 Å². The van der Waals surface area contributed by atoms with Crippen molar-refractivity contribution in [3.63, 3.8) is 0 Å². The number of para-hydroxylation sites is 1. The third-order valence-electron chi connectivity index (χ3n) is 2.62. The Bertz CT molecular complexity index is 484. The lowest BCUT2D eigenvalue weighted by Gasteiger charge is -2.08. The molecule has 0 bridgehead atoms. The Morgan fingerprint density at radius 1 is 1.11 bits per heavy atom. The molecule has 5 nitrogen and oxygen atoms in total. The summed E-state index contributed by atoms with van der Waals surface area (Å²) < 4.78 is 4.96. The molecule has 0 unspecified atom stereocenters. The van der Waals surface area contributed by atoms with Gasteiger partial charge in [0, 0.05) is 32.1 Å². The van der Waals surface area contributed by atoms with Crippen LogP contribution in [-0.2, 0) is 4.74 Å². The minimum Gasteiger partial charge on any atom is -0.383 e. The molecule has 1 aromatic heterocycles. The normalized spacial score (nSPS) is 10.7. The molecule has 0 aliphatic heterocycles. The maximum absolute atomic E-state index is 4.96. The molecule has 0 atom stereocenters. The number of methoxy groups -OCH3 is 1. The van der Waals surface area contributed by atoms with E-state index in [2.05, 4.69) is 20.6 Å². The molecule has 2 N–H and O–H groups in total. The Kier molecular flexibility index (Phi) is 4.87. The molecule has 0 amide bonds. The molecule has 18 heavy (non-hydrogen) atoms. The lowest BCUT2D eigenvalue weighted by Crippen LogP contribution is -2.25. The summed E-state index contributed by atoms with van der Waals surface area (Å²) >= 11 is 0. The fourth-order valence-electron chi connectivity index (χ4n) is 1.71. The summed E-state index contributed by atoms with van der Waals surface area (Å²) in [5.41, 5.74) is 0.961. The van der Waals surface area contributed by atoms with Gasteiger partial charge in [-0.2, -0.15) is 0 Å². The highest BCUT2D eigenvalue weighted by Crippen LogP contribution is 2.17.